The van der Waals surface area contributed by atoms with E-state index in [0.29, 0.717) is 37.6 Å². The van der Waals surface area contributed by atoms with E-state index < -0.39 is 15.6 Å². The van der Waals surface area contributed by atoms with Crippen LogP contribution in [0, 0.1) is 5.92 Å². The molecule has 2 aliphatic rings. The maximum atomic E-state index is 12.4. The lowest BCUT2D eigenvalue weighted by molar-refractivity contribution is -0.135. The van der Waals surface area contributed by atoms with Crippen molar-refractivity contribution in [3.05, 3.63) is 30.3 Å². The second-order valence-corrected chi connectivity index (χ2v) is 9.03. The van der Waals surface area contributed by atoms with Crippen LogP contribution in [-0.4, -0.2) is 50.7 Å². The normalized spacial score (nSPS) is 20.3. The average molecular weight is 366 g/mol. The van der Waals surface area contributed by atoms with Crippen LogP contribution in [0.15, 0.2) is 30.3 Å². The number of nitrogens with one attached hydrogen (secondary N) is 1. The molecule has 6 nitrogen and oxygen atoms in total. The van der Waals surface area contributed by atoms with E-state index in [-0.39, 0.29) is 12.5 Å². The molecule has 1 amide bonds. The first kappa shape index (κ1) is 18.2. The summed E-state index contributed by atoms with van der Waals surface area (Å²) in [5.74, 6) is 1.25. The monoisotopic (exact) mass is 366 g/mol. The molecule has 1 heterocycles. The Balaban J connectivity index is 1.54. The van der Waals surface area contributed by atoms with E-state index in [1.807, 2.05) is 30.3 Å². The number of rotatable bonds is 7. The summed E-state index contributed by atoms with van der Waals surface area (Å²) in [4.78, 5) is 14.1. The summed E-state index contributed by atoms with van der Waals surface area (Å²) < 4.78 is 31.9. The van der Waals surface area contributed by atoms with Gasteiger partial charge in [0.1, 0.15) is 5.75 Å². The molecule has 1 aromatic rings. The van der Waals surface area contributed by atoms with Crippen molar-refractivity contribution >= 4 is 15.9 Å². The van der Waals surface area contributed by atoms with Crippen LogP contribution in [0.4, 0.5) is 0 Å². The van der Waals surface area contributed by atoms with Crippen molar-refractivity contribution in [2.24, 2.45) is 5.92 Å². The van der Waals surface area contributed by atoms with Gasteiger partial charge in [0.25, 0.3) is 5.91 Å². The fourth-order valence-corrected chi connectivity index (χ4v) is 4.63. The van der Waals surface area contributed by atoms with E-state index in [1.165, 1.54) is 19.1 Å². The maximum absolute atomic E-state index is 12.4. The largest absolute Gasteiger partial charge is 0.484 e. The number of likely N-dealkylation sites (tertiary alicyclic amines) is 1. The van der Waals surface area contributed by atoms with Crippen molar-refractivity contribution in [2.45, 2.75) is 37.6 Å². The van der Waals surface area contributed by atoms with Crippen molar-refractivity contribution in [3.8, 4) is 5.75 Å². The SMILES string of the molecule is CS(=O)(=O)NC1(CC2CC2)CCN(C(=O)COc2ccccc2)CC1. The third-order valence-electron chi connectivity index (χ3n) is 4.96. The molecule has 2 fully saturated rings. The second-order valence-electron chi connectivity index (χ2n) is 7.28. The lowest BCUT2D eigenvalue weighted by atomic mass is 9.83. The Hall–Kier alpha value is -1.60. The van der Waals surface area contributed by atoms with E-state index in [9.17, 15) is 13.2 Å². The topological polar surface area (TPSA) is 75.7 Å². The minimum absolute atomic E-state index is 0.0130. The van der Waals surface area contributed by atoms with Gasteiger partial charge >= 0.3 is 0 Å². The lowest BCUT2D eigenvalue weighted by Crippen LogP contribution is -2.56. The number of carbonyl (C=O) groups is 1. The van der Waals surface area contributed by atoms with Gasteiger partial charge < -0.3 is 9.64 Å². The molecule has 0 aromatic heterocycles. The number of carbonyl (C=O) groups excluding carboxylic acids is 1. The first-order valence-electron chi connectivity index (χ1n) is 8.80. The van der Waals surface area contributed by atoms with Gasteiger partial charge in [0.05, 0.1) is 6.26 Å². The van der Waals surface area contributed by atoms with Crippen LogP contribution in [0.2, 0.25) is 0 Å². The van der Waals surface area contributed by atoms with E-state index >= 15 is 0 Å². The Morgan fingerprint density at radius 1 is 1.24 bits per heavy atom. The molecule has 0 spiro atoms. The summed E-state index contributed by atoms with van der Waals surface area (Å²) in [7, 11) is -3.26. The standard InChI is InChI=1S/C18H26N2O4S/c1-25(22,23)19-18(13-15-7-8-15)9-11-20(12-10-18)17(21)14-24-16-5-3-2-4-6-16/h2-6,15,19H,7-14H2,1H3. The molecule has 1 aliphatic heterocycles. The van der Waals surface area contributed by atoms with Crippen LogP contribution in [0.5, 0.6) is 5.75 Å². The first-order valence-corrected chi connectivity index (χ1v) is 10.7. The highest BCUT2D eigenvalue weighted by molar-refractivity contribution is 7.88. The van der Waals surface area contributed by atoms with Crippen LogP contribution >= 0.6 is 0 Å². The van der Waals surface area contributed by atoms with Crippen LogP contribution in [0.3, 0.4) is 0 Å². The number of nitrogens with zero attached hydrogens (tertiary/aromatic N) is 1. The van der Waals surface area contributed by atoms with Crippen molar-refractivity contribution in [2.75, 3.05) is 26.0 Å². The number of piperidine rings is 1. The van der Waals surface area contributed by atoms with Gasteiger partial charge in [-0.2, -0.15) is 0 Å². The number of ether oxygens (including phenoxy) is 1. The maximum Gasteiger partial charge on any atom is 0.260 e. The molecule has 0 radical (unpaired) electrons. The number of hydrogen-bond acceptors (Lipinski definition) is 4. The zero-order valence-electron chi connectivity index (χ0n) is 14.6. The van der Waals surface area contributed by atoms with Crippen molar-refractivity contribution < 1.29 is 17.9 Å². The molecular weight excluding hydrogens is 340 g/mol. The number of para-hydroxylation sites is 1. The zero-order chi connectivity index (χ0) is 17.9. The Bertz CT molecular complexity index is 693. The first-order chi connectivity index (χ1) is 11.9. The van der Waals surface area contributed by atoms with Crippen LogP contribution < -0.4 is 9.46 Å². The number of sulfonamides is 1. The summed E-state index contributed by atoms with van der Waals surface area (Å²) in [5, 5.41) is 0. The van der Waals surface area contributed by atoms with Gasteiger partial charge in [0.2, 0.25) is 10.0 Å². The Morgan fingerprint density at radius 2 is 1.88 bits per heavy atom. The molecule has 138 valence electrons. The van der Waals surface area contributed by atoms with E-state index in [1.54, 1.807) is 4.90 Å². The molecule has 0 bridgehead atoms. The van der Waals surface area contributed by atoms with Crippen LogP contribution in [0.1, 0.15) is 32.1 Å². The Kier molecular flexibility index (Phi) is 5.34. The van der Waals surface area contributed by atoms with E-state index in [4.69, 9.17) is 4.74 Å². The smallest absolute Gasteiger partial charge is 0.260 e. The molecule has 3 rings (SSSR count). The van der Waals surface area contributed by atoms with Crippen molar-refractivity contribution in [1.29, 1.82) is 0 Å². The second kappa shape index (κ2) is 7.33. The number of benzene rings is 1. The van der Waals surface area contributed by atoms with E-state index in [2.05, 4.69) is 4.72 Å². The molecule has 1 aliphatic carbocycles. The molecule has 25 heavy (non-hydrogen) atoms. The highest BCUT2D eigenvalue weighted by Gasteiger charge is 2.42. The van der Waals surface area contributed by atoms with Gasteiger partial charge in [-0.3, -0.25) is 4.79 Å². The molecule has 1 saturated heterocycles. The third kappa shape index (κ3) is 5.44. The van der Waals surface area contributed by atoms with E-state index in [0.717, 1.165) is 6.42 Å². The molecule has 1 aromatic carbocycles. The lowest BCUT2D eigenvalue weighted by Gasteiger charge is -2.42. The predicted molar refractivity (Wildman–Crippen MR) is 95.8 cm³/mol. The summed E-state index contributed by atoms with van der Waals surface area (Å²) >= 11 is 0. The zero-order valence-corrected chi connectivity index (χ0v) is 15.4. The van der Waals surface area contributed by atoms with Gasteiger partial charge in [-0.15, -0.1) is 0 Å². The highest BCUT2D eigenvalue weighted by atomic mass is 32.2. The summed E-state index contributed by atoms with van der Waals surface area (Å²) in [6, 6.07) is 9.27. The van der Waals surface area contributed by atoms with Gasteiger partial charge in [-0.1, -0.05) is 31.0 Å². The average Bonchev–Trinajstić information content (AvgIpc) is 3.36. The molecule has 0 unspecified atom stereocenters. The van der Waals surface area contributed by atoms with Gasteiger partial charge in [0.15, 0.2) is 6.61 Å². The van der Waals surface area contributed by atoms with Crippen LogP contribution in [0.25, 0.3) is 0 Å². The number of amides is 1. The predicted octanol–water partition coefficient (Wildman–Crippen LogP) is 1.78. The summed E-state index contributed by atoms with van der Waals surface area (Å²) in [5.41, 5.74) is -0.397. The third-order valence-corrected chi connectivity index (χ3v) is 5.76. The molecule has 7 heteroatoms. The quantitative estimate of drug-likeness (QED) is 0.798. The Labute approximate surface area is 149 Å². The van der Waals surface area contributed by atoms with Gasteiger partial charge in [-0.05, 0) is 37.3 Å². The summed E-state index contributed by atoms with van der Waals surface area (Å²) in [6.07, 6.45) is 5.78. The van der Waals surface area contributed by atoms with Crippen LogP contribution in [-0.2, 0) is 14.8 Å². The fraction of sp³-hybridized carbons (Fsp3) is 0.611. The molecule has 1 N–H and O–H groups in total. The minimum Gasteiger partial charge on any atom is -0.484 e. The van der Waals surface area contributed by atoms with Crippen molar-refractivity contribution in [3.63, 3.8) is 0 Å². The van der Waals surface area contributed by atoms with Crippen molar-refractivity contribution in [1.82, 2.24) is 9.62 Å². The Morgan fingerprint density at radius 3 is 2.44 bits per heavy atom. The molecular formula is C18H26N2O4S. The summed E-state index contributed by atoms with van der Waals surface area (Å²) in [6.45, 7) is 1.14. The molecule has 1 saturated carbocycles. The highest BCUT2D eigenvalue weighted by Crippen LogP contribution is 2.40. The number of hydrogen-bond donors (Lipinski definition) is 1. The fourth-order valence-electron chi connectivity index (χ4n) is 3.55. The van der Waals surface area contributed by atoms with Gasteiger partial charge in [0, 0.05) is 18.6 Å². The van der Waals surface area contributed by atoms with Gasteiger partial charge in [-0.25, -0.2) is 13.1 Å². The molecule has 0 atom stereocenters. The minimum atomic E-state index is -3.26.